The van der Waals surface area contributed by atoms with Crippen LogP contribution in [0.2, 0.25) is 0 Å². The van der Waals surface area contributed by atoms with E-state index in [0.29, 0.717) is 10.9 Å². The number of carbonyl (C=O) groups excluding carboxylic acids is 1. The van der Waals surface area contributed by atoms with Crippen LogP contribution in [0.3, 0.4) is 0 Å². The van der Waals surface area contributed by atoms with Crippen molar-refractivity contribution in [1.82, 2.24) is 10.2 Å². The van der Waals surface area contributed by atoms with Gasteiger partial charge in [-0.1, -0.05) is 12.2 Å². The van der Waals surface area contributed by atoms with Gasteiger partial charge in [-0.25, -0.2) is 0 Å². The number of carbonyl (C=O) groups is 1. The Morgan fingerprint density at radius 2 is 2.12 bits per heavy atom. The van der Waals surface area contributed by atoms with E-state index in [0.717, 1.165) is 32.5 Å². The first-order chi connectivity index (χ1) is 7.50. The fourth-order valence-electron chi connectivity index (χ4n) is 2.01. The van der Waals surface area contributed by atoms with E-state index in [1.807, 2.05) is 0 Å². The van der Waals surface area contributed by atoms with Crippen molar-refractivity contribution in [3.8, 4) is 0 Å². The fourth-order valence-corrected chi connectivity index (χ4v) is 2.16. The van der Waals surface area contributed by atoms with Crippen molar-refractivity contribution in [2.45, 2.75) is 32.7 Å². The number of nitrogens with two attached hydrogens (primary N) is 1. The summed E-state index contributed by atoms with van der Waals surface area (Å²) in [7, 11) is 0. The van der Waals surface area contributed by atoms with Crippen molar-refractivity contribution in [1.29, 1.82) is 0 Å². The number of piperidine rings is 1. The smallest absolute Gasteiger partial charge is 0.216 e. The van der Waals surface area contributed by atoms with Crippen LogP contribution in [0, 0.1) is 5.92 Å². The van der Waals surface area contributed by atoms with Gasteiger partial charge in [0.1, 0.15) is 0 Å². The Balaban J connectivity index is 2.28. The highest BCUT2D eigenvalue weighted by Crippen LogP contribution is 2.18. The summed E-state index contributed by atoms with van der Waals surface area (Å²) in [5.41, 5.74) is 5.63. The van der Waals surface area contributed by atoms with Crippen molar-refractivity contribution in [2.24, 2.45) is 11.7 Å². The topological polar surface area (TPSA) is 58.4 Å². The van der Waals surface area contributed by atoms with Gasteiger partial charge < -0.3 is 11.1 Å². The Morgan fingerprint density at radius 1 is 1.56 bits per heavy atom. The molecule has 1 aliphatic heterocycles. The Kier molecular flexibility index (Phi) is 5.15. The van der Waals surface area contributed by atoms with E-state index in [1.54, 1.807) is 6.92 Å². The number of nitrogens with zero attached hydrogens (tertiary/aromatic N) is 1. The molecule has 1 aliphatic rings. The van der Waals surface area contributed by atoms with Gasteiger partial charge in [0.05, 0.1) is 11.0 Å². The maximum absolute atomic E-state index is 10.8. The van der Waals surface area contributed by atoms with Crippen molar-refractivity contribution in [2.75, 3.05) is 19.6 Å². The van der Waals surface area contributed by atoms with Crippen LogP contribution < -0.4 is 11.1 Å². The third-order valence-electron chi connectivity index (χ3n) is 3.25. The minimum atomic E-state index is 0.0546. The quantitative estimate of drug-likeness (QED) is 0.706. The average molecular weight is 243 g/mol. The monoisotopic (exact) mass is 243 g/mol. The summed E-state index contributed by atoms with van der Waals surface area (Å²) in [6.07, 6.45) is 2.21. The molecule has 0 aliphatic carbocycles. The maximum atomic E-state index is 10.8. The van der Waals surface area contributed by atoms with Gasteiger partial charge in [0.2, 0.25) is 5.91 Å². The normalized spacial score (nSPS) is 20.4. The Labute approximate surface area is 103 Å². The van der Waals surface area contributed by atoms with Crippen molar-refractivity contribution >= 4 is 23.1 Å². The van der Waals surface area contributed by atoms with Crippen molar-refractivity contribution in [3.05, 3.63) is 0 Å². The molecular weight excluding hydrogens is 222 g/mol. The molecule has 0 aromatic rings. The van der Waals surface area contributed by atoms with E-state index in [9.17, 15) is 4.79 Å². The molecule has 0 spiro atoms. The molecule has 1 rings (SSSR count). The Morgan fingerprint density at radius 3 is 2.56 bits per heavy atom. The summed E-state index contributed by atoms with van der Waals surface area (Å²) in [6.45, 7) is 6.44. The number of likely N-dealkylation sites (tertiary alicyclic amines) is 1. The zero-order valence-corrected chi connectivity index (χ0v) is 10.8. The van der Waals surface area contributed by atoms with Gasteiger partial charge in [-0.05, 0) is 38.8 Å². The molecule has 92 valence electrons. The van der Waals surface area contributed by atoms with E-state index in [4.69, 9.17) is 18.0 Å². The van der Waals surface area contributed by atoms with E-state index in [-0.39, 0.29) is 11.9 Å². The summed E-state index contributed by atoms with van der Waals surface area (Å²) < 4.78 is 0. The van der Waals surface area contributed by atoms with Crippen LogP contribution in [-0.2, 0) is 4.79 Å². The van der Waals surface area contributed by atoms with Crippen LogP contribution in [0.4, 0.5) is 0 Å². The van der Waals surface area contributed by atoms with Crippen LogP contribution in [0.15, 0.2) is 0 Å². The number of amides is 1. The second kappa shape index (κ2) is 6.15. The van der Waals surface area contributed by atoms with Crippen LogP contribution in [0.1, 0.15) is 26.7 Å². The zero-order valence-electron chi connectivity index (χ0n) is 10.0. The molecular formula is C11H21N3OS. The number of thiocarbonyl (C=S) groups is 1. The predicted octanol–water partition coefficient (Wildman–Crippen LogP) is 0.509. The Hall–Kier alpha value is -0.680. The summed E-state index contributed by atoms with van der Waals surface area (Å²) in [6, 6.07) is 0.191. The van der Waals surface area contributed by atoms with Gasteiger partial charge in [-0.3, -0.25) is 9.69 Å². The lowest BCUT2D eigenvalue weighted by atomic mass is 9.96. The molecule has 1 amide bonds. The molecule has 0 bridgehead atoms. The minimum absolute atomic E-state index is 0.0546. The maximum Gasteiger partial charge on any atom is 0.216 e. The number of rotatable bonds is 4. The van der Waals surface area contributed by atoms with Crippen molar-refractivity contribution < 1.29 is 4.79 Å². The van der Waals surface area contributed by atoms with Gasteiger partial charge >= 0.3 is 0 Å². The molecule has 0 saturated carbocycles. The van der Waals surface area contributed by atoms with E-state index < -0.39 is 0 Å². The van der Waals surface area contributed by atoms with Gasteiger partial charge in [0, 0.05) is 13.5 Å². The fraction of sp³-hybridized carbons (Fsp3) is 0.818. The lowest BCUT2D eigenvalue weighted by Crippen LogP contribution is -2.47. The molecule has 3 N–H and O–H groups in total. The average Bonchev–Trinajstić information content (AvgIpc) is 2.26. The number of hydrogen-bond donors (Lipinski definition) is 2. The van der Waals surface area contributed by atoms with E-state index >= 15 is 0 Å². The second-order valence-electron chi connectivity index (χ2n) is 4.49. The van der Waals surface area contributed by atoms with Crippen LogP contribution in [0.5, 0.6) is 0 Å². The second-order valence-corrected chi connectivity index (χ2v) is 4.97. The van der Waals surface area contributed by atoms with Gasteiger partial charge in [-0.2, -0.15) is 0 Å². The molecule has 0 aromatic carbocycles. The Bertz CT molecular complexity index is 262. The molecule has 16 heavy (non-hydrogen) atoms. The SMILES string of the molecule is CC(=O)NCC1CCN(C(C)C(N)=S)CC1. The summed E-state index contributed by atoms with van der Waals surface area (Å²) in [5, 5.41) is 2.87. The standard InChI is InChI=1S/C11H21N3OS/c1-8(11(12)16)14-5-3-10(4-6-14)7-13-9(2)15/h8,10H,3-7H2,1-2H3,(H2,12,16)(H,13,15). The number of nitrogens with one attached hydrogen (secondary N) is 1. The summed E-state index contributed by atoms with van der Waals surface area (Å²) in [4.78, 5) is 13.7. The van der Waals surface area contributed by atoms with Gasteiger partial charge in [0.25, 0.3) is 0 Å². The summed E-state index contributed by atoms with van der Waals surface area (Å²) >= 11 is 4.99. The molecule has 0 radical (unpaired) electrons. The highest BCUT2D eigenvalue weighted by molar-refractivity contribution is 7.80. The van der Waals surface area contributed by atoms with E-state index in [1.165, 1.54) is 0 Å². The lowest BCUT2D eigenvalue weighted by molar-refractivity contribution is -0.119. The van der Waals surface area contributed by atoms with E-state index in [2.05, 4.69) is 17.1 Å². The third-order valence-corrected chi connectivity index (χ3v) is 3.59. The highest BCUT2D eigenvalue weighted by atomic mass is 32.1. The van der Waals surface area contributed by atoms with Gasteiger partial charge in [0.15, 0.2) is 0 Å². The predicted molar refractivity (Wildman–Crippen MR) is 69.2 cm³/mol. The highest BCUT2D eigenvalue weighted by Gasteiger charge is 2.23. The first-order valence-electron chi connectivity index (χ1n) is 5.78. The van der Waals surface area contributed by atoms with Crippen LogP contribution >= 0.6 is 12.2 Å². The first kappa shape index (κ1) is 13.4. The van der Waals surface area contributed by atoms with Crippen LogP contribution in [-0.4, -0.2) is 41.5 Å². The molecule has 1 unspecified atom stereocenters. The molecule has 1 fully saturated rings. The third kappa shape index (κ3) is 4.06. The van der Waals surface area contributed by atoms with Gasteiger partial charge in [-0.15, -0.1) is 0 Å². The molecule has 0 aromatic heterocycles. The zero-order chi connectivity index (χ0) is 12.1. The summed E-state index contributed by atoms with van der Waals surface area (Å²) in [5.74, 6) is 0.651. The minimum Gasteiger partial charge on any atom is -0.392 e. The number of hydrogen-bond acceptors (Lipinski definition) is 3. The molecule has 4 nitrogen and oxygen atoms in total. The molecule has 1 saturated heterocycles. The first-order valence-corrected chi connectivity index (χ1v) is 6.19. The van der Waals surface area contributed by atoms with Crippen LogP contribution in [0.25, 0.3) is 0 Å². The van der Waals surface area contributed by atoms with Crippen molar-refractivity contribution in [3.63, 3.8) is 0 Å². The molecule has 5 heteroatoms. The molecule has 1 heterocycles. The molecule has 1 atom stereocenters. The lowest BCUT2D eigenvalue weighted by Gasteiger charge is -2.35. The largest absolute Gasteiger partial charge is 0.392 e.